The zero-order chi connectivity index (χ0) is 13.4. The minimum atomic E-state index is -0.0969. The van der Waals surface area contributed by atoms with Crippen molar-refractivity contribution >= 4 is 29.1 Å². The molecule has 0 radical (unpaired) electrons. The SMILES string of the molecule is CCOc1ccccc1C(=O)N(CCCl)CCCl. The molecule has 0 aliphatic rings. The molecule has 1 amide bonds. The van der Waals surface area contributed by atoms with Gasteiger partial charge in [-0.25, -0.2) is 0 Å². The molecule has 0 spiro atoms. The van der Waals surface area contributed by atoms with Crippen LogP contribution in [0.5, 0.6) is 5.75 Å². The van der Waals surface area contributed by atoms with Gasteiger partial charge < -0.3 is 9.64 Å². The highest BCUT2D eigenvalue weighted by atomic mass is 35.5. The Hall–Kier alpha value is -0.930. The summed E-state index contributed by atoms with van der Waals surface area (Å²) in [6.07, 6.45) is 0. The van der Waals surface area contributed by atoms with E-state index < -0.39 is 0 Å². The number of hydrogen-bond acceptors (Lipinski definition) is 2. The van der Waals surface area contributed by atoms with Crippen LogP contribution < -0.4 is 4.74 Å². The number of amides is 1. The van der Waals surface area contributed by atoms with E-state index in [1.165, 1.54) is 0 Å². The highest BCUT2D eigenvalue weighted by molar-refractivity contribution is 6.18. The van der Waals surface area contributed by atoms with Crippen molar-refractivity contribution in [2.75, 3.05) is 31.5 Å². The van der Waals surface area contributed by atoms with Crippen molar-refractivity contribution in [3.05, 3.63) is 29.8 Å². The Morgan fingerprint density at radius 2 is 1.83 bits per heavy atom. The molecular formula is C13H17Cl2NO2. The van der Waals surface area contributed by atoms with Crippen LogP contribution in [0.2, 0.25) is 0 Å². The van der Waals surface area contributed by atoms with E-state index in [9.17, 15) is 4.79 Å². The fraction of sp³-hybridized carbons (Fsp3) is 0.462. The molecule has 18 heavy (non-hydrogen) atoms. The van der Waals surface area contributed by atoms with Crippen LogP contribution in [0.4, 0.5) is 0 Å². The maximum absolute atomic E-state index is 12.3. The summed E-state index contributed by atoms with van der Waals surface area (Å²) >= 11 is 11.4. The van der Waals surface area contributed by atoms with Crippen molar-refractivity contribution in [2.24, 2.45) is 0 Å². The fourth-order valence-corrected chi connectivity index (χ4v) is 2.02. The smallest absolute Gasteiger partial charge is 0.257 e. The molecule has 0 bridgehead atoms. The van der Waals surface area contributed by atoms with Crippen molar-refractivity contribution in [3.8, 4) is 5.75 Å². The Bertz CT molecular complexity index is 379. The van der Waals surface area contributed by atoms with Gasteiger partial charge >= 0.3 is 0 Å². The number of carbonyl (C=O) groups excluding carboxylic acids is 1. The van der Waals surface area contributed by atoms with Gasteiger partial charge in [-0.05, 0) is 19.1 Å². The summed E-state index contributed by atoms with van der Waals surface area (Å²) in [5.41, 5.74) is 0.551. The largest absolute Gasteiger partial charge is 0.493 e. The third-order valence-corrected chi connectivity index (χ3v) is 2.75. The van der Waals surface area contributed by atoms with E-state index in [0.717, 1.165) is 0 Å². The molecule has 0 unspecified atom stereocenters. The number of benzene rings is 1. The second kappa shape index (κ2) is 8.22. The molecular weight excluding hydrogens is 273 g/mol. The maximum Gasteiger partial charge on any atom is 0.257 e. The summed E-state index contributed by atoms with van der Waals surface area (Å²) in [5, 5.41) is 0. The number of alkyl halides is 2. The van der Waals surface area contributed by atoms with Gasteiger partial charge in [0.05, 0.1) is 12.2 Å². The third-order valence-electron chi connectivity index (χ3n) is 2.41. The summed E-state index contributed by atoms with van der Waals surface area (Å²) in [4.78, 5) is 14.0. The predicted molar refractivity (Wildman–Crippen MR) is 75.0 cm³/mol. The van der Waals surface area contributed by atoms with Crippen LogP contribution in [0.1, 0.15) is 17.3 Å². The predicted octanol–water partition coefficient (Wildman–Crippen LogP) is 3.01. The molecule has 0 atom stereocenters. The third kappa shape index (κ3) is 4.07. The van der Waals surface area contributed by atoms with Gasteiger partial charge in [-0.3, -0.25) is 4.79 Å². The first kappa shape index (κ1) is 15.1. The topological polar surface area (TPSA) is 29.5 Å². The maximum atomic E-state index is 12.3. The normalized spacial score (nSPS) is 10.2. The minimum Gasteiger partial charge on any atom is -0.493 e. The first-order valence-corrected chi connectivity index (χ1v) is 6.94. The standard InChI is InChI=1S/C13H17Cl2NO2/c1-2-18-12-6-4-3-5-11(12)13(17)16(9-7-14)10-8-15/h3-6H,2,7-10H2,1H3. The highest BCUT2D eigenvalue weighted by Gasteiger charge is 2.18. The summed E-state index contributed by atoms with van der Waals surface area (Å²) in [5.74, 6) is 1.28. The lowest BCUT2D eigenvalue weighted by Crippen LogP contribution is -2.34. The molecule has 0 saturated heterocycles. The van der Waals surface area contributed by atoms with E-state index in [1.54, 1.807) is 17.0 Å². The lowest BCUT2D eigenvalue weighted by Gasteiger charge is -2.21. The second-order valence-electron chi connectivity index (χ2n) is 3.60. The number of rotatable bonds is 7. The number of hydrogen-bond donors (Lipinski definition) is 0. The fourth-order valence-electron chi connectivity index (χ4n) is 1.61. The van der Waals surface area contributed by atoms with Crippen LogP contribution in [0.3, 0.4) is 0 Å². The van der Waals surface area contributed by atoms with E-state index in [-0.39, 0.29) is 5.91 Å². The van der Waals surface area contributed by atoms with Gasteiger partial charge in [0, 0.05) is 24.8 Å². The summed E-state index contributed by atoms with van der Waals surface area (Å²) in [6, 6.07) is 7.20. The lowest BCUT2D eigenvalue weighted by atomic mass is 10.1. The Kier molecular flexibility index (Phi) is 6.91. The average molecular weight is 290 g/mol. The monoisotopic (exact) mass is 289 g/mol. The number of nitrogens with zero attached hydrogens (tertiary/aromatic N) is 1. The Morgan fingerprint density at radius 1 is 1.22 bits per heavy atom. The van der Waals surface area contributed by atoms with Crippen LogP contribution in [0, 0.1) is 0 Å². The first-order chi connectivity index (χ1) is 8.74. The average Bonchev–Trinajstić information content (AvgIpc) is 2.39. The quantitative estimate of drug-likeness (QED) is 0.722. The van der Waals surface area contributed by atoms with Crippen LogP contribution in [-0.4, -0.2) is 42.3 Å². The Labute approximate surface area is 118 Å². The Balaban J connectivity index is 2.92. The van der Waals surface area contributed by atoms with Crippen molar-refractivity contribution in [3.63, 3.8) is 0 Å². The first-order valence-electron chi connectivity index (χ1n) is 5.87. The van der Waals surface area contributed by atoms with Gasteiger partial charge in [0.25, 0.3) is 5.91 Å². The molecule has 100 valence electrons. The number of para-hydroxylation sites is 1. The van der Waals surface area contributed by atoms with Crippen LogP contribution >= 0.6 is 23.2 Å². The van der Waals surface area contributed by atoms with E-state index in [2.05, 4.69) is 0 Å². The molecule has 0 N–H and O–H groups in total. The van der Waals surface area contributed by atoms with Gasteiger partial charge in [0.1, 0.15) is 5.75 Å². The zero-order valence-electron chi connectivity index (χ0n) is 10.4. The number of halogens is 2. The molecule has 0 aromatic heterocycles. The van der Waals surface area contributed by atoms with Crippen molar-refractivity contribution in [1.82, 2.24) is 4.90 Å². The van der Waals surface area contributed by atoms with E-state index in [4.69, 9.17) is 27.9 Å². The van der Waals surface area contributed by atoms with Gasteiger partial charge in [-0.2, -0.15) is 0 Å². The summed E-state index contributed by atoms with van der Waals surface area (Å²) in [7, 11) is 0. The van der Waals surface area contributed by atoms with Gasteiger partial charge in [-0.15, -0.1) is 23.2 Å². The summed E-state index contributed by atoms with van der Waals surface area (Å²) in [6.45, 7) is 3.37. The number of carbonyl (C=O) groups is 1. The zero-order valence-corrected chi connectivity index (χ0v) is 11.9. The van der Waals surface area contributed by atoms with Gasteiger partial charge in [-0.1, -0.05) is 12.1 Å². The molecule has 5 heteroatoms. The lowest BCUT2D eigenvalue weighted by molar-refractivity contribution is 0.0771. The molecule has 3 nitrogen and oxygen atoms in total. The van der Waals surface area contributed by atoms with E-state index in [0.29, 0.717) is 42.8 Å². The highest BCUT2D eigenvalue weighted by Crippen LogP contribution is 2.20. The van der Waals surface area contributed by atoms with E-state index >= 15 is 0 Å². The van der Waals surface area contributed by atoms with Crippen LogP contribution in [-0.2, 0) is 0 Å². The molecule has 0 aliphatic heterocycles. The van der Waals surface area contributed by atoms with Crippen LogP contribution in [0.25, 0.3) is 0 Å². The summed E-state index contributed by atoms with van der Waals surface area (Å²) < 4.78 is 5.45. The molecule has 1 aromatic rings. The number of ether oxygens (including phenoxy) is 1. The minimum absolute atomic E-state index is 0.0969. The molecule has 0 saturated carbocycles. The molecule has 1 aromatic carbocycles. The Morgan fingerprint density at radius 3 is 2.39 bits per heavy atom. The molecule has 0 heterocycles. The van der Waals surface area contributed by atoms with Gasteiger partial charge in [0.2, 0.25) is 0 Å². The van der Waals surface area contributed by atoms with Gasteiger partial charge in [0.15, 0.2) is 0 Å². The molecule has 0 fully saturated rings. The van der Waals surface area contributed by atoms with Crippen molar-refractivity contribution in [2.45, 2.75) is 6.92 Å². The molecule has 0 aliphatic carbocycles. The van der Waals surface area contributed by atoms with Crippen molar-refractivity contribution in [1.29, 1.82) is 0 Å². The second-order valence-corrected chi connectivity index (χ2v) is 4.36. The molecule has 1 rings (SSSR count). The van der Waals surface area contributed by atoms with Crippen molar-refractivity contribution < 1.29 is 9.53 Å². The van der Waals surface area contributed by atoms with Crippen LogP contribution in [0.15, 0.2) is 24.3 Å². The van der Waals surface area contributed by atoms with E-state index in [1.807, 2.05) is 19.1 Å².